The number of nitrogens with one attached hydrogen (secondary N) is 1. The first-order valence-electron chi connectivity index (χ1n) is 4.74. The molecule has 1 unspecified atom stereocenters. The molecule has 0 radical (unpaired) electrons. The maximum absolute atomic E-state index is 11.3. The molecular weight excluding hydrogens is 218 g/mol. The summed E-state index contributed by atoms with van der Waals surface area (Å²) in [5.74, 6) is -1.24. The Hall–Kier alpha value is -1.28. The summed E-state index contributed by atoms with van der Waals surface area (Å²) in [4.78, 5) is 22.2. The van der Waals surface area contributed by atoms with Gasteiger partial charge in [-0.25, -0.2) is 0 Å². The minimum absolute atomic E-state index is 0.0347. The third kappa shape index (κ3) is 1.63. The Kier molecular flexibility index (Phi) is 2.76. The molecule has 7 heteroatoms. The Morgan fingerprint density at radius 2 is 2.00 bits per heavy atom. The van der Waals surface area contributed by atoms with Crippen LogP contribution in [0.3, 0.4) is 0 Å². The molecule has 88 valence electrons. The van der Waals surface area contributed by atoms with Crippen molar-refractivity contribution in [3.05, 3.63) is 11.6 Å². The summed E-state index contributed by atoms with van der Waals surface area (Å²) in [6.45, 7) is -0.475. The van der Waals surface area contributed by atoms with Gasteiger partial charge in [-0.3, -0.25) is 14.9 Å². The largest absolute Gasteiger partial charge is 0.394 e. The molecule has 2 rings (SSSR count). The van der Waals surface area contributed by atoms with Crippen molar-refractivity contribution in [1.82, 2.24) is 5.32 Å². The number of amides is 2. The second-order valence-electron chi connectivity index (χ2n) is 3.68. The summed E-state index contributed by atoms with van der Waals surface area (Å²) in [5, 5.41) is 29.9. The van der Waals surface area contributed by atoms with Crippen molar-refractivity contribution in [2.24, 2.45) is 0 Å². The van der Waals surface area contributed by atoms with Gasteiger partial charge in [0, 0.05) is 6.08 Å². The minimum atomic E-state index is -1.33. The minimum Gasteiger partial charge on any atom is -0.394 e. The van der Waals surface area contributed by atoms with Gasteiger partial charge in [0.05, 0.1) is 12.2 Å². The standard InChI is InChI=1S/C9H11NO6/c11-2-4-6(13)7(14)8(16-4)3-1-5(12)10-9(3)15/h1,4,6-8,11,13-14H,2H2,(H,10,12,15)/t4-,6-,7-,8?/m1/s1. The molecule has 1 fully saturated rings. The third-order valence-corrected chi connectivity index (χ3v) is 2.63. The van der Waals surface area contributed by atoms with Crippen molar-refractivity contribution in [2.75, 3.05) is 6.61 Å². The van der Waals surface area contributed by atoms with Gasteiger partial charge in [-0.15, -0.1) is 0 Å². The number of hydrogen-bond acceptors (Lipinski definition) is 6. The van der Waals surface area contributed by atoms with Crippen molar-refractivity contribution >= 4 is 11.8 Å². The number of rotatable bonds is 2. The number of aliphatic hydroxyl groups is 3. The highest BCUT2D eigenvalue weighted by atomic mass is 16.6. The monoisotopic (exact) mass is 229 g/mol. The lowest BCUT2D eigenvalue weighted by atomic mass is 10.0. The zero-order valence-electron chi connectivity index (χ0n) is 8.16. The van der Waals surface area contributed by atoms with Crippen LogP contribution < -0.4 is 5.32 Å². The van der Waals surface area contributed by atoms with Gasteiger partial charge >= 0.3 is 0 Å². The average molecular weight is 229 g/mol. The lowest BCUT2D eigenvalue weighted by Gasteiger charge is -2.13. The molecule has 2 amide bonds. The second kappa shape index (κ2) is 3.95. The summed E-state index contributed by atoms with van der Waals surface area (Å²) >= 11 is 0. The van der Waals surface area contributed by atoms with Crippen molar-refractivity contribution in [3.63, 3.8) is 0 Å². The first-order chi connectivity index (χ1) is 7.54. The van der Waals surface area contributed by atoms with E-state index in [0.29, 0.717) is 0 Å². The van der Waals surface area contributed by atoms with Crippen LogP contribution in [0.4, 0.5) is 0 Å². The molecule has 2 aliphatic heterocycles. The highest BCUT2D eigenvalue weighted by molar-refractivity contribution is 6.16. The fraction of sp³-hybridized carbons (Fsp3) is 0.556. The third-order valence-electron chi connectivity index (χ3n) is 2.63. The molecule has 16 heavy (non-hydrogen) atoms. The van der Waals surface area contributed by atoms with Crippen LogP contribution in [0.1, 0.15) is 0 Å². The molecule has 0 aromatic carbocycles. The molecule has 0 saturated carbocycles. The number of aliphatic hydroxyl groups excluding tert-OH is 3. The first kappa shape index (κ1) is 11.2. The lowest BCUT2D eigenvalue weighted by Crippen LogP contribution is -2.36. The van der Waals surface area contributed by atoms with Gasteiger partial charge in [-0.05, 0) is 0 Å². The number of imide groups is 1. The average Bonchev–Trinajstić information content (AvgIpc) is 2.70. The molecule has 0 spiro atoms. The number of carbonyl (C=O) groups excluding carboxylic acids is 2. The van der Waals surface area contributed by atoms with E-state index in [-0.39, 0.29) is 5.57 Å². The van der Waals surface area contributed by atoms with E-state index in [1.54, 1.807) is 0 Å². The van der Waals surface area contributed by atoms with Crippen LogP contribution in [0.5, 0.6) is 0 Å². The van der Waals surface area contributed by atoms with Gasteiger partial charge in [0.2, 0.25) is 0 Å². The van der Waals surface area contributed by atoms with Gasteiger partial charge < -0.3 is 20.1 Å². The number of ether oxygens (including phenoxy) is 1. The topological polar surface area (TPSA) is 116 Å². The molecule has 2 aliphatic rings. The van der Waals surface area contributed by atoms with Gasteiger partial charge in [0.1, 0.15) is 24.4 Å². The second-order valence-corrected chi connectivity index (χ2v) is 3.68. The fourth-order valence-corrected chi connectivity index (χ4v) is 1.79. The van der Waals surface area contributed by atoms with Gasteiger partial charge in [0.25, 0.3) is 11.8 Å². The zero-order valence-corrected chi connectivity index (χ0v) is 8.16. The Balaban J connectivity index is 2.20. The zero-order chi connectivity index (χ0) is 11.9. The summed E-state index contributed by atoms with van der Waals surface area (Å²) < 4.78 is 5.11. The van der Waals surface area contributed by atoms with Gasteiger partial charge in [-0.2, -0.15) is 0 Å². The van der Waals surface area contributed by atoms with E-state index in [4.69, 9.17) is 9.84 Å². The van der Waals surface area contributed by atoms with Crippen LogP contribution in [-0.2, 0) is 14.3 Å². The predicted molar refractivity (Wildman–Crippen MR) is 49.0 cm³/mol. The summed E-state index contributed by atoms with van der Waals surface area (Å²) in [5.41, 5.74) is -0.0347. The lowest BCUT2D eigenvalue weighted by molar-refractivity contribution is -0.124. The van der Waals surface area contributed by atoms with Crippen LogP contribution in [-0.4, -0.2) is 58.2 Å². The molecule has 0 aromatic rings. The van der Waals surface area contributed by atoms with E-state index in [2.05, 4.69) is 0 Å². The molecule has 4 atom stereocenters. The number of hydrogen-bond donors (Lipinski definition) is 4. The van der Waals surface area contributed by atoms with Gasteiger partial charge in [-0.1, -0.05) is 0 Å². The van der Waals surface area contributed by atoms with Gasteiger partial charge in [0.15, 0.2) is 0 Å². The summed E-state index contributed by atoms with van der Waals surface area (Å²) in [6, 6.07) is 0. The molecule has 4 N–H and O–H groups in total. The highest BCUT2D eigenvalue weighted by Crippen LogP contribution is 2.27. The fourth-order valence-electron chi connectivity index (χ4n) is 1.79. The van der Waals surface area contributed by atoms with E-state index < -0.39 is 42.8 Å². The van der Waals surface area contributed by atoms with Crippen molar-refractivity contribution in [2.45, 2.75) is 24.4 Å². The molecule has 0 aliphatic carbocycles. The van der Waals surface area contributed by atoms with E-state index >= 15 is 0 Å². The Morgan fingerprint density at radius 3 is 2.44 bits per heavy atom. The Bertz CT molecular complexity index is 365. The maximum Gasteiger partial charge on any atom is 0.256 e. The molecule has 1 saturated heterocycles. The SMILES string of the molecule is O=C1C=C(C2O[C@H](CO)[C@@H](O)[C@H]2O)C(=O)N1. The summed E-state index contributed by atoms with van der Waals surface area (Å²) in [7, 11) is 0. The van der Waals surface area contributed by atoms with E-state index in [9.17, 15) is 19.8 Å². The molecule has 2 heterocycles. The van der Waals surface area contributed by atoms with Crippen LogP contribution in [0.2, 0.25) is 0 Å². The molecule has 0 aromatic heterocycles. The van der Waals surface area contributed by atoms with E-state index in [1.165, 1.54) is 0 Å². The van der Waals surface area contributed by atoms with Crippen molar-refractivity contribution in [3.8, 4) is 0 Å². The normalized spacial score (nSPS) is 38.8. The Morgan fingerprint density at radius 1 is 1.31 bits per heavy atom. The van der Waals surface area contributed by atoms with Crippen LogP contribution in [0, 0.1) is 0 Å². The first-order valence-corrected chi connectivity index (χ1v) is 4.74. The summed E-state index contributed by atoms with van der Waals surface area (Å²) in [6.07, 6.45) is -3.63. The predicted octanol–water partition coefficient (Wildman–Crippen LogP) is -2.95. The van der Waals surface area contributed by atoms with E-state index in [1.807, 2.05) is 5.32 Å². The van der Waals surface area contributed by atoms with Crippen LogP contribution in [0.25, 0.3) is 0 Å². The molecular formula is C9H11NO6. The van der Waals surface area contributed by atoms with Crippen LogP contribution in [0.15, 0.2) is 11.6 Å². The van der Waals surface area contributed by atoms with E-state index in [0.717, 1.165) is 6.08 Å². The maximum atomic E-state index is 11.3. The smallest absolute Gasteiger partial charge is 0.256 e. The van der Waals surface area contributed by atoms with Crippen molar-refractivity contribution in [1.29, 1.82) is 0 Å². The Labute approximate surface area is 90.3 Å². The number of carbonyl (C=O) groups is 2. The van der Waals surface area contributed by atoms with Crippen LogP contribution >= 0.6 is 0 Å². The highest BCUT2D eigenvalue weighted by Gasteiger charge is 2.46. The molecule has 7 nitrogen and oxygen atoms in total. The molecule has 0 bridgehead atoms. The van der Waals surface area contributed by atoms with Crippen molar-refractivity contribution < 1.29 is 29.6 Å². The quantitative estimate of drug-likeness (QED) is 0.376.